The highest BCUT2D eigenvalue weighted by Gasteiger charge is 2.21. The molecule has 1 aliphatic rings. The van der Waals surface area contributed by atoms with Crippen molar-refractivity contribution in [3.63, 3.8) is 0 Å². The maximum Gasteiger partial charge on any atom is 0.163 e. The molecule has 1 aliphatic carbocycles. The Hall–Kier alpha value is -0.630. The second kappa shape index (κ2) is 4.56. The minimum absolute atomic E-state index is 0.255. The Labute approximate surface area is 112 Å². The van der Waals surface area contributed by atoms with E-state index in [-0.39, 0.29) is 5.41 Å². The van der Waals surface area contributed by atoms with Crippen LogP contribution in [0.5, 0.6) is 0 Å². The molecule has 0 saturated heterocycles. The summed E-state index contributed by atoms with van der Waals surface area (Å²) in [7, 11) is 0. The summed E-state index contributed by atoms with van der Waals surface area (Å²) >= 11 is 3.62. The van der Waals surface area contributed by atoms with Gasteiger partial charge in [0.1, 0.15) is 0 Å². The number of hydrogen-bond acceptors (Lipinski definition) is 1. The molecule has 0 amide bonds. The average molecular weight is 295 g/mol. The van der Waals surface area contributed by atoms with Gasteiger partial charge in [-0.3, -0.25) is 4.79 Å². The Morgan fingerprint density at radius 1 is 1.24 bits per heavy atom. The van der Waals surface area contributed by atoms with Gasteiger partial charge in [0.2, 0.25) is 0 Å². The van der Waals surface area contributed by atoms with E-state index in [1.165, 1.54) is 11.1 Å². The van der Waals surface area contributed by atoms with E-state index < -0.39 is 0 Å². The van der Waals surface area contributed by atoms with Crippen LogP contribution in [0.15, 0.2) is 16.6 Å². The van der Waals surface area contributed by atoms with Gasteiger partial charge in [-0.05, 0) is 47.9 Å². The van der Waals surface area contributed by atoms with E-state index in [1.807, 2.05) is 0 Å². The predicted octanol–water partition coefficient (Wildman–Crippen LogP) is 4.56. The second-order valence-electron chi connectivity index (χ2n) is 6.12. The second-order valence-corrected chi connectivity index (χ2v) is 6.97. The molecule has 0 fully saturated rings. The molecule has 2 heteroatoms. The molecule has 17 heavy (non-hydrogen) atoms. The van der Waals surface area contributed by atoms with E-state index in [2.05, 4.69) is 48.8 Å². The Morgan fingerprint density at radius 3 is 2.59 bits per heavy atom. The maximum atomic E-state index is 11.9. The van der Waals surface area contributed by atoms with Crippen molar-refractivity contribution in [2.24, 2.45) is 5.41 Å². The third-order valence-corrected chi connectivity index (χ3v) is 3.83. The van der Waals surface area contributed by atoms with Gasteiger partial charge in [-0.1, -0.05) is 36.7 Å². The van der Waals surface area contributed by atoms with E-state index in [9.17, 15) is 4.79 Å². The van der Waals surface area contributed by atoms with Crippen LogP contribution in [0.2, 0.25) is 0 Å². The molecule has 1 aromatic carbocycles. The first-order valence-electron chi connectivity index (χ1n) is 6.21. The molecule has 0 saturated carbocycles. The molecule has 0 spiro atoms. The van der Waals surface area contributed by atoms with Gasteiger partial charge in [0.05, 0.1) is 0 Å². The summed E-state index contributed by atoms with van der Waals surface area (Å²) in [5.41, 5.74) is 3.67. The third kappa shape index (κ3) is 2.98. The highest BCUT2D eigenvalue weighted by atomic mass is 79.9. The fourth-order valence-electron chi connectivity index (χ4n) is 2.47. The predicted molar refractivity (Wildman–Crippen MR) is 74.6 cm³/mol. The first-order chi connectivity index (χ1) is 7.87. The standard InChI is InChI=1S/C15H19BrO/c1-15(2,3)9-10-7-12-11(13(16)8-10)5-4-6-14(12)17/h7-8H,4-6,9H2,1-3H3. The van der Waals surface area contributed by atoms with E-state index in [4.69, 9.17) is 0 Å². The van der Waals surface area contributed by atoms with Crippen LogP contribution in [-0.2, 0) is 12.8 Å². The van der Waals surface area contributed by atoms with Crippen LogP contribution in [0.25, 0.3) is 0 Å². The molecule has 0 heterocycles. The van der Waals surface area contributed by atoms with E-state index in [0.717, 1.165) is 29.3 Å². The smallest absolute Gasteiger partial charge is 0.163 e. The lowest BCUT2D eigenvalue weighted by Crippen LogP contribution is -2.14. The molecule has 2 rings (SSSR count). The summed E-state index contributed by atoms with van der Waals surface area (Å²) in [5.74, 6) is 0.308. The minimum Gasteiger partial charge on any atom is -0.294 e. The zero-order valence-electron chi connectivity index (χ0n) is 10.8. The van der Waals surface area contributed by atoms with Crippen molar-refractivity contribution in [3.8, 4) is 0 Å². The number of fused-ring (bicyclic) bond motifs is 1. The summed E-state index contributed by atoms with van der Waals surface area (Å²) in [6.07, 6.45) is 3.73. The molecule has 1 aromatic rings. The number of hydrogen-bond donors (Lipinski definition) is 0. The van der Waals surface area contributed by atoms with Crippen LogP contribution in [0.4, 0.5) is 0 Å². The van der Waals surface area contributed by atoms with E-state index in [1.54, 1.807) is 0 Å². The number of carbonyl (C=O) groups excluding carboxylic acids is 1. The fraction of sp³-hybridized carbons (Fsp3) is 0.533. The highest BCUT2D eigenvalue weighted by Crippen LogP contribution is 2.32. The number of benzene rings is 1. The maximum absolute atomic E-state index is 11.9. The van der Waals surface area contributed by atoms with Crippen LogP contribution >= 0.6 is 15.9 Å². The van der Waals surface area contributed by atoms with Crippen molar-refractivity contribution in [2.45, 2.75) is 46.5 Å². The summed E-state index contributed by atoms with van der Waals surface area (Å²) in [4.78, 5) is 11.9. The zero-order chi connectivity index (χ0) is 12.6. The van der Waals surface area contributed by atoms with Gasteiger partial charge in [0.15, 0.2) is 5.78 Å². The number of Topliss-reactive ketones (excluding diaryl/α,β-unsaturated/α-hetero) is 1. The minimum atomic E-state index is 0.255. The molecule has 0 aromatic heterocycles. The first kappa shape index (κ1) is 12.8. The van der Waals surface area contributed by atoms with Gasteiger partial charge >= 0.3 is 0 Å². The SMILES string of the molecule is CC(C)(C)Cc1cc(Br)c2c(c1)C(=O)CCC2. The molecule has 0 N–H and O–H groups in total. The fourth-order valence-corrected chi connectivity index (χ4v) is 3.18. The molecular formula is C15H19BrO. The molecule has 0 atom stereocenters. The lowest BCUT2D eigenvalue weighted by atomic mass is 9.84. The molecule has 0 aliphatic heterocycles. The van der Waals surface area contributed by atoms with E-state index >= 15 is 0 Å². The summed E-state index contributed by atoms with van der Waals surface area (Å²) in [6.45, 7) is 6.67. The zero-order valence-corrected chi connectivity index (χ0v) is 12.4. The molecule has 92 valence electrons. The average Bonchev–Trinajstić information content (AvgIpc) is 2.17. The van der Waals surface area contributed by atoms with Crippen LogP contribution in [0.1, 0.15) is 55.1 Å². The van der Waals surface area contributed by atoms with Crippen molar-refractivity contribution < 1.29 is 4.79 Å². The number of ketones is 1. The van der Waals surface area contributed by atoms with Gasteiger partial charge in [0, 0.05) is 16.5 Å². The monoisotopic (exact) mass is 294 g/mol. The van der Waals surface area contributed by atoms with Crippen LogP contribution in [0, 0.1) is 5.41 Å². The van der Waals surface area contributed by atoms with Gasteiger partial charge < -0.3 is 0 Å². The largest absolute Gasteiger partial charge is 0.294 e. The molecular weight excluding hydrogens is 276 g/mol. The normalized spacial score (nSPS) is 15.9. The van der Waals surface area contributed by atoms with E-state index in [0.29, 0.717) is 12.2 Å². The summed E-state index contributed by atoms with van der Waals surface area (Å²) in [5, 5.41) is 0. The molecule has 0 bridgehead atoms. The Kier molecular flexibility index (Phi) is 3.44. The number of halogens is 1. The van der Waals surface area contributed by atoms with Crippen molar-refractivity contribution >= 4 is 21.7 Å². The molecule has 0 unspecified atom stereocenters. The van der Waals surface area contributed by atoms with Crippen LogP contribution < -0.4 is 0 Å². The lowest BCUT2D eigenvalue weighted by Gasteiger charge is -2.22. The summed E-state index contributed by atoms with van der Waals surface area (Å²) < 4.78 is 1.11. The summed E-state index contributed by atoms with van der Waals surface area (Å²) in [6, 6.07) is 4.29. The quantitative estimate of drug-likeness (QED) is 0.742. The lowest BCUT2D eigenvalue weighted by molar-refractivity contribution is 0.0972. The van der Waals surface area contributed by atoms with Crippen molar-refractivity contribution in [3.05, 3.63) is 33.3 Å². The van der Waals surface area contributed by atoms with Crippen molar-refractivity contribution in [1.82, 2.24) is 0 Å². The number of carbonyl (C=O) groups is 1. The first-order valence-corrected chi connectivity index (χ1v) is 7.01. The van der Waals surface area contributed by atoms with Crippen molar-refractivity contribution in [2.75, 3.05) is 0 Å². The number of rotatable bonds is 1. The highest BCUT2D eigenvalue weighted by molar-refractivity contribution is 9.10. The Bertz CT molecular complexity index is 455. The van der Waals surface area contributed by atoms with Crippen LogP contribution in [-0.4, -0.2) is 5.78 Å². The Morgan fingerprint density at radius 2 is 1.94 bits per heavy atom. The van der Waals surface area contributed by atoms with Gasteiger partial charge in [0.25, 0.3) is 0 Å². The van der Waals surface area contributed by atoms with Gasteiger partial charge in [-0.2, -0.15) is 0 Å². The third-order valence-electron chi connectivity index (χ3n) is 3.12. The van der Waals surface area contributed by atoms with Crippen LogP contribution in [0.3, 0.4) is 0 Å². The molecule has 1 nitrogen and oxygen atoms in total. The van der Waals surface area contributed by atoms with Crippen molar-refractivity contribution in [1.29, 1.82) is 0 Å². The topological polar surface area (TPSA) is 17.1 Å². The Balaban J connectivity index is 2.42. The molecule has 0 radical (unpaired) electrons. The van der Waals surface area contributed by atoms with Gasteiger partial charge in [-0.15, -0.1) is 0 Å². The van der Waals surface area contributed by atoms with Gasteiger partial charge in [-0.25, -0.2) is 0 Å².